The fourth-order valence-electron chi connectivity index (χ4n) is 6.93. The molecule has 196 valence electrons. The van der Waals surface area contributed by atoms with E-state index in [4.69, 9.17) is 14.5 Å². The van der Waals surface area contributed by atoms with Crippen LogP contribution < -0.4 is 4.74 Å². The van der Waals surface area contributed by atoms with E-state index in [9.17, 15) is 0 Å². The van der Waals surface area contributed by atoms with Crippen molar-refractivity contribution in [1.82, 2.24) is 29.5 Å². The van der Waals surface area contributed by atoms with Crippen LogP contribution in [0.3, 0.4) is 0 Å². The number of pyridine rings is 1. The summed E-state index contributed by atoms with van der Waals surface area (Å²) in [4.78, 5) is 17.3. The van der Waals surface area contributed by atoms with Gasteiger partial charge in [0.15, 0.2) is 11.4 Å². The Kier molecular flexibility index (Phi) is 5.78. The number of ether oxygens (including phenoxy) is 2. The van der Waals surface area contributed by atoms with E-state index in [2.05, 4.69) is 33.8 Å². The van der Waals surface area contributed by atoms with Crippen LogP contribution in [0.5, 0.6) is 5.75 Å². The molecule has 1 saturated carbocycles. The van der Waals surface area contributed by atoms with Crippen molar-refractivity contribution >= 4 is 27.3 Å². The Hall–Kier alpha value is -2.49. The van der Waals surface area contributed by atoms with Gasteiger partial charge in [0.2, 0.25) is 0 Å². The third-order valence-electron chi connectivity index (χ3n) is 9.03. The average Bonchev–Trinajstić information content (AvgIpc) is 3.61. The van der Waals surface area contributed by atoms with E-state index in [0.717, 1.165) is 47.4 Å². The summed E-state index contributed by atoms with van der Waals surface area (Å²) in [5.74, 6) is 1.64. The zero-order chi connectivity index (χ0) is 25.1. The van der Waals surface area contributed by atoms with Gasteiger partial charge in [0.1, 0.15) is 16.7 Å². The summed E-state index contributed by atoms with van der Waals surface area (Å²) in [6.07, 6.45) is 11.2. The first kappa shape index (κ1) is 23.6. The number of hydrogen-bond acceptors (Lipinski definition) is 7. The first-order chi connectivity index (χ1) is 18.0. The maximum absolute atomic E-state index is 5.61. The van der Waals surface area contributed by atoms with Crippen LogP contribution in [0.25, 0.3) is 27.3 Å². The molecule has 2 saturated heterocycles. The maximum atomic E-state index is 5.61. The molecule has 0 atom stereocenters. The van der Waals surface area contributed by atoms with Crippen LogP contribution in [0, 0.1) is 5.41 Å². The van der Waals surface area contributed by atoms with Crippen LogP contribution >= 0.6 is 11.3 Å². The van der Waals surface area contributed by atoms with Crippen molar-refractivity contribution in [2.75, 3.05) is 33.4 Å². The minimum Gasteiger partial charge on any atom is -0.493 e. The van der Waals surface area contributed by atoms with Gasteiger partial charge in [-0.3, -0.25) is 4.90 Å². The molecule has 7 rings (SSSR count). The molecule has 0 aromatic carbocycles. The molecule has 9 heteroatoms. The van der Waals surface area contributed by atoms with Crippen molar-refractivity contribution in [3.63, 3.8) is 0 Å². The van der Waals surface area contributed by atoms with Crippen molar-refractivity contribution in [2.45, 2.75) is 70.3 Å². The van der Waals surface area contributed by atoms with Gasteiger partial charge >= 0.3 is 0 Å². The van der Waals surface area contributed by atoms with Gasteiger partial charge < -0.3 is 14.5 Å². The minimum absolute atomic E-state index is 0.343. The summed E-state index contributed by atoms with van der Waals surface area (Å²) in [6.45, 7) is 9.00. The SMILES string of the molecule is COc1cc(-c2[nH]c3sc(C4CCC(N5CC6(CCOCC6)C5)CC4)nc3c2C(C)C)cn2ncnc12. The molecule has 1 N–H and O–H groups in total. The lowest BCUT2D eigenvalue weighted by molar-refractivity contribution is -0.102. The number of methoxy groups -OCH3 is 1. The van der Waals surface area contributed by atoms with Crippen molar-refractivity contribution in [3.8, 4) is 17.0 Å². The lowest BCUT2D eigenvalue weighted by Crippen LogP contribution is -2.61. The second-order valence-corrected chi connectivity index (χ2v) is 12.7. The molecule has 8 nitrogen and oxygen atoms in total. The first-order valence-corrected chi connectivity index (χ1v) is 14.6. The van der Waals surface area contributed by atoms with Crippen LogP contribution in [0.15, 0.2) is 18.6 Å². The Morgan fingerprint density at radius 2 is 1.95 bits per heavy atom. The Bertz CT molecular complexity index is 1420. The molecular weight excluding hydrogens is 484 g/mol. The Balaban J connectivity index is 1.10. The van der Waals surface area contributed by atoms with Crippen molar-refractivity contribution < 1.29 is 9.47 Å². The van der Waals surface area contributed by atoms with Gasteiger partial charge in [-0.05, 0) is 50.5 Å². The molecule has 0 amide bonds. The number of nitrogens with one attached hydrogen (secondary N) is 1. The predicted molar refractivity (Wildman–Crippen MR) is 146 cm³/mol. The summed E-state index contributed by atoms with van der Waals surface area (Å²) < 4.78 is 13.0. The number of hydrogen-bond donors (Lipinski definition) is 1. The molecule has 0 bridgehead atoms. The van der Waals surface area contributed by atoms with Crippen LogP contribution in [0.1, 0.15) is 74.8 Å². The van der Waals surface area contributed by atoms with Crippen LogP contribution in [-0.2, 0) is 4.74 Å². The fraction of sp³-hybridized carbons (Fsp3) is 0.607. The quantitative estimate of drug-likeness (QED) is 0.369. The molecule has 4 aromatic rings. The number of aromatic amines is 1. The largest absolute Gasteiger partial charge is 0.493 e. The smallest absolute Gasteiger partial charge is 0.197 e. The zero-order valence-corrected chi connectivity index (χ0v) is 22.8. The number of likely N-dealkylation sites (tertiary alicyclic amines) is 1. The number of H-pyrrole nitrogens is 1. The third kappa shape index (κ3) is 3.97. The van der Waals surface area contributed by atoms with E-state index in [0.29, 0.717) is 17.3 Å². The van der Waals surface area contributed by atoms with E-state index in [-0.39, 0.29) is 0 Å². The van der Waals surface area contributed by atoms with E-state index >= 15 is 0 Å². The normalized spacial score (nSPS) is 24.3. The molecule has 4 aromatic heterocycles. The highest BCUT2D eigenvalue weighted by Crippen LogP contribution is 2.46. The van der Waals surface area contributed by atoms with Crippen molar-refractivity contribution in [1.29, 1.82) is 0 Å². The number of thiazole rings is 1. The van der Waals surface area contributed by atoms with Crippen LogP contribution in [-0.4, -0.2) is 68.9 Å². The standard InChI is InChI=1S/C28H36N6O2S/c1-17(2)22-23(19-12-21(35-3)25-29-16-30-34(25)13-19)31-27-24(22)32-26(37-27)18-4-6-20(7-5-18)33-14-28(15-33)8-10-36-11-9-28/h12-13,16-18,20,31H,4-11,14-15H2,1-3H3. The fourth-order valence-corrected chi connectivity index (χ4v) is 8.09. The lowest BCUT2D eigenvalue weighted by Gasteiger charge is -2.56. The Morgan fingerprint density at radius 1 is 1.16 bits per heavy atom. The van der Waals surface area contributed by atoms with Gasteiger partial charge in [-0.15, -0.1) is 11.3 Å². The molecule has 37 heavy (non-hydrogen) atoms. The predicted octanol–water partition coefficient (Wildman–Crippen LogP) is 5.60. The molecule has 3 aliphatic rings. The van der Waals surface area contributed by atoms with Gasteiger partial charge in [-0.25, -0.2) is 14.5 Å². The van der Waals surface area contributed by atoms with Gasteiger partial charge in [-0.1, -0.05) is 13.8 Å². The molecule has 1 aliphatic carbocycles. The monoisotopic (exact) mass is 520 g/mol. The zero-order valence-electron chi connectivity index (χ0n) is 22.0. The van der Waals surface area contributed by atoms with Crippen LogP contribution in [0.4, 0.5) is 0 Å². The highest BCUT2D eigenvalue weighted by molar-refractivity contribution is 7.18. The molecular formula is C28H36N6O2S. The molecule has 6 heterocycles. The molecule has 0 unspecified atom stereocenters. The number of nitrogens with zero attached hydrogens (tertiary/aromatic N) is 5. The summed E-state index contributed by atoms with van der Waals surface area (Å²) in [5.41, 5.74) is 5.85. The summed E-state index contributed by atoms with van der Waals surface area (Å²) in [6, 6.07) is 2.81. The molecule has 0 radical (unpaired) electrons. The molecule has 2 aliphatic heterocycles. The van der Waals surface area contributed by atoms with E-state index in [1.54, 1.807) is 18.0 Å². The molecule has 1 spiro atoms. The second-order valence-electron chi connectivity index (χ2n) is 11.6. The third-order valence-corrected chi connectivity index (χ3v) is 10.2. The Morgan fingerprint density at radius 3 is 2.68 bits per heavy atom. The highest BCUT2D eigenvalue weighted by Gasteiger charge is 2.46. The first-order valence-electron chi connectivity index (χ1n) is 13.8. The topological polar surface area (TPSA) is 80.6 Å². The van der Waals surface area contributed by atoms with E-state index < -0.39 is 0 Å². The summed E-state index contributed by atoms with van der Waals surface area (Å²) in [7, 11) is 1.68. The molecule has 3 fully saturated rings. The number of aromatic nitrogens is 5. The summed E-state index contributed by atoms with van der Waals surface area (Å²) >= 11 is 1.85. The summed E-state index contributed by atoms with van der Waals surface area (Å²) in [5, 5.41) is 5.66. The Labute approximate surface area is 221 Å². The second kappa shape index (κ2) is 9.06. The van der Waals surface area contributed by atoms with Gasteiger partial charge in [-0.2, -0.15) is 5.10 Å². The van der Waals surface area contributed by atoms with Gasteiger partial charge in [0.25, 0.3) is 0 Å². The van der Waals surface area contributed by atoms with E-state index in [1.807, 2.05) is 23.6 Å². The van der Waals surface area contributed by atoms with E-state index in [1.165, 1.54) is 67.0 Å². The average molecular weight is 521 g/mol. The lowest BCUT2D eigenvalue weighted by atomic mass is 9.71. The number of rotatable bonds is 5. The minimum atomic E-state index is 0.343. The number of fused-ring (bicyclic) bond motifs is 2. The highest BCUT2D eigenvalue weighted by atomic mass is 32.1. The van der Waals surface area contributed by atoms with Crippen molar-refractivity contribution in [2.24, 2.45) is 5.41 Å². The van der Waals surface area contributed by atoms with Gasteiger partial charge in [0.05, 0.1) is 17.8 Å². The van der Waals surface area contributed by atoms with Crippen molar-refractivity contribution in [3.05, 3.63) is 29.2 Å². The maximum Gasteiger partial charge on any atom is 0.197 e. The van der Waals surface area contributed by atoms with Crippen LogP contribution in [0.2, 0.25) is 0 Å². The van der Waals surface area contributed by atoms with Gasteiger partial charge in [0, 0.05) is 61.0 Å².